The summed E-state index contributed by atoms with van der Waals surface area (Å²) < 4.78 is 36.7. The Bertz CT molecular complexity index is 583. The number of nitrogens with one attached hydrogen (secondary N) is 1. The highest BCUT2D eigenvalue weighted by Gasteiger charge is 2.27. The van der Waals surface area contributed by atoms with E-state index in [2.05, 4.69) is 9.46 Å². The lowest BCUT2D eigenvalue weighted by Gasteiger charge is -2.18. The third-order valence-electron chi connectivity index (χ3n) is 2.84. The van der Waals surface area contributed by atoms with Crippen LogP contribution in [0.15, 0.2) is 29.2 Å². The zero-order chi connectivity index (χ0) is 16.0. The van der Waals surface area contributed by atoms with E-state index in [0.29, 0.717) is 12.2 Å². The number of rotatable bonds is 7. The van der Waals surface area contributed by atoms with Gasteiger partial charge in [0.25, 0.3) is 0 Å². The van der Waals surface area contributed by atoms with E-state index in [9.17, 15) is 13.2 Å². The number of hydrogen-bond acceptors (Lipinski definition) is 5. The first kappa shape index (κ1) is 17.5. The summed E-state index contributed by atoms with van der Waals surface area (Å²) in [5.74, 6) is -0.0337. The van der Waals surface area contributed by atoms with Gasteiger partial charge in [-0.25, -0.2) is 8.42 Å². The predicted molar refractivity (Wildman–Crippen MR) is 78.6 cm³/mol. The predicted octanol–water partition coefficient (Wildman–Crippen LogP) is 1.56. The van der Waals surface area contributed by atoms with E-state index in [-0.39, 0.29) is 10.8 Å². The van der Waals surface area contributed by atoms with Gasteiger partial charge in [0.05, 0.1) is 19.1 Å². The Hall–Kier alpha value is -1.60. The highest BCUT2D eigenvalue weighted by Crippen LogP contribution is 2.18. The molecule has 1 aromatic rings. The van der Waals surface area contributed by atoms with Crippen LogP contribution in [0.3, 0.4) is 0 Å². The van der Waals surface area contributed by atoms with Gasteiger partial charge in [-0.2, -0.15) is 4.72 Å². The van der Waals surface area contributed by atoms with Gasteiger partial charge < -0.3 is 9.47 Å². The van der Waals surface area contributed by atoms with Gasteiger partial charge in [-0.1, -0.05) is 19.9 Å². The van der Waals surface area contributed by atoms with E-state index >= 15 is 0 Å². The summed E-state index contributed by atoms with van der Waals surface area (Å²) in [6, 6.07) is 5.14. The Morgan fingerprint density at radius 1 is 1.29 bits per heavy atom. The minimum atomic E-state index is -3.82. The van der Waals surface area contributed by atoms with Crippen molar-refractivity contribution in [1.29, 1.82) is 0 Å². The Balaban J connectivity index is 3.02. The molecule has 1 aromatic carbocycles. The van der Waals surface area contributed by atoms with Crippen molar-refractivity contribution >= 4 is 16.0 Å². The summed E-state index contributed by atoms with van der Waals surface area (Å²) in [6.07, 6.45) is 0.357. The number of sulfonamides is 1. The van der Waals surface area contributed by atoms with Crippen LogP contribution in [0.2, 0.25) is 0 Å². The number of methoxy groups -OCH3 is 2. The van der Waals surface area contributed by atoms with Gasteiger partial charge in [-0.05, 0) is 24.5 Å². The van der Waals surface area contributed by atoms with Crippen molar-refractivity contribution in [2.24, 2.45) is 5.92 Å². The van der Waals surface area contributed by atoms with Crippen LogP contribution in [-0.4, -0.2) is 34.6 Å². The van der Waals surface area contributed by atoms with E-state index in [1.165, 1.54) is 26.4 Å². The molecule has 0 amide bonds. The molecule has 1 rings (SSSR count). The highest BCUT2D eigenvalue weighted by atomic mass is 32.2. The van der Waals surface area contributed by atoms with E-state index in [0.717, 1.165) is 0 Å². The zero-order valence-corrected chi connectivity index (χ0v) is 13.4. The summed E-state index contributed by atoms with van der Waals surface area (Å²) in [7, 11) is -1.14. The molecule has 0 aliphatic carbocycles. The third kappa shape index (κ3) is 5.02. The standard InChI is InChI=1S/C14H21NO5S/c1-10(2)8-13(14(16)20-4)15-21(17,18)12-7-5-6-11(9-12)19-3/h5-7,9-10,13,15H,8H2,1-4H3. The minimum Gasteiger partial charge on any atom is -0.497 e. The molecule has 0 aromatic heterocycles. The minimum absolute atomic E-state index is 0.0412. The van der Waals surface area contributed by atoms with Gasteiger partial charge in [-0.15, -0.1) is 0 Å². The van der Waals surface area contributed by atoms with Crippen molar-refractivity contribution in [1.82, 2.24) is 4.72 Å². The topological polar surface area (TPSA) is 81.7 Å². The number of carbonyl (C=O) groups excluding carboxylic acids is 1. The zero-order valence-electron chi connectivity index (χ0n) is 12.6. The van der Waals surface area contributed by atoms with Crippen LogP contribution in [0.25, 0.3) is 0 Å². The van der Waals surface area contributed by atoms with Crippen LogP contribution in [0.4, 0.5) is 0 Å². The molecule has 1 N–H and O–H groups in total. The Labute approximate surface area is 125 Å². The van der Waals surface area contributed by atoms with Gasteiger partial charge in [0, 0.05) is 6.07 Å². The molecule has 0 saturated heterocycles. The molecule has 0 heterocycles. The summed E-state index contributed by atoms with van der Waals surface area (Å²) in [6.45, 7) is 3.80. The fraction of sp³-hybridized carbons (Fsp3) is 0.500. The summed E-state index contributed by atoms with van der Waals surface area (Å²) in [5.41, 5.74) is 0. The molecular weight excluding hydrogens is 294 g/mol. The van der Waals surface area contributed by atoms with Crippen LogP contribution in [0.1, 0.15) is 20.3 Å². The molecule has 0 saturated carbocycles. The lowest BCUT2D eigenvalue weighted by Crippen LogP contribution is -2.42. The molecule has 0 spiro atoms. The molecule has 0 aliphatic rings. The summed E-state index contributed by atoms with van der Waals surface area (Å²) in [4.78, 5) is 11.7. The highest BCUT2D eigenvalue weighted by molar-refractivity contribution is 7.89. The monoisotopic (exact) mass is 315 g/mol. The molecule has 21 heavy (non-hydrogen) atoms. The molecule has 7 heteroatoms. The van der Waals surface area contributed by atoms with E-state index in [4.69, 9.17) is 4.74 Å². The second-order valence-electron chi connectivity index (χ2n) is 5.01. The third-order valence-corrected chi connectivity index (χ3v) is 4.31. The van der Waals surface area contributed by atoms with Crippen LogP contribution < -0.4 is 9.46 Å². The average Bonchev–Trinajstić information content (AvgIpc) is 2.45. The molecular formula is C14H21NO5S. The molecule has 0 radical (unpaired) electrons. The molecule has 6 nitrogen and oxygen atoms in total. The number of carbonyl (C=O) groups is 1. The van der Waals surface area contributed by atoms with Gasteiger partial charge in [0.1, 0.15) is 11.8 Å². The fourth-order valence-corrected chi connectivity index (χ4v) is 3.06. The molecule has 1 unspecified atom stereocenters. The summed E-state index contributed by atoms with van der Waals surface area (Å²) >= 11 is 0. The van der Waals surface area contributed by atoms with Gasteiger partial charge in [0.15, 0.2) is 0 Å². The first-order chi connectivity index (χ1) is 9.80. The SMILES string of the molecule is COC(=O)C(CC(C)C)NS(=O)(=O)c1cccc(OC)c1. The Kier molecular flexibility index (Phi) is 6.17. The van der Waals surface area contributed by atoms with E-state index in [1.807, 2.05) is 13.8 Å². The van der Waals surface area contributed by atoms with Crippen molar-refractivity contribution in [3.8, 4) is 5.75 Å². The normalized spacial score (nSPS) is 13.0. The first-order valence-corrected chi connectivity index (χ1v) is 8.02. The van der Waals surface area contributed by atoms with E-state index in [1.54, 1.807) is 12.1 Å². The molecule has 0 aliphatic heterocycles. The quantitative estimate of drug-likeness (QED) is 0.772. The lowest BCUT2D eigenvalue weighted by molar-refractivity contribution is -0.143. The largest absolute Gasteiger partial charge is 0.497 e. The van der Waals surface area contributed by atoms with Gasteiger partial charge in [-0.3, -0.25) is 4.79 Å². The van der Waals surface area contributed by atoms with Gasteiger partial charge in [0.2, 0.25) is 10.0 Å². The van der Waals surface area contributed by atoms with Crippen LogP contribution in [0, 0.1) is 5.92 Å². The van der Waals surface area contributed by atoms with Crippen LogP contribution in [-0.2, 0) is 19.6 Å². The average molecular weight is 315 g/mol. The van der Waals surface area contributed by atoms with Gasteiger partial charge >= 0.3 is 5.97 Å². The Morgan fingerprint density at radius 2 is 1.95 bits per heavy atom. The number of ether oxygens (including phenoxy) is 2. The first-order valence-electron chi connectivity index (χ1n) is 6.54. The molecule has 118 valence electrons. The lowest BCUT2D eigenvalue weighted by atomic mass is 10.1. The van der Waals surface area contributed by atoms with Crippen molar-refractivity contribution in [2.75, 3.05) is 14.2 Å². The van der Waals surface area contributed by atoms with Crippen LogP contribution >= 0.6 is 0 Å². The summed E-state index contributed by atoms with van der Waals surface area (Å²) in [5, 5.41) is 0. The number of hydrogen-bond donors (Lipinski definition) is 1. The van der Waals surface area contributed by atoms with Crippen molar-refractivity contribution in [3.05, 3.63) is 24.3 Å². The molecule has 1 atom stereocenters. The second-order valence-corrected chi connectivity index (χ2v) is 6.72. The Morgan fingerprint density at radius 3 is 2.48 bits per heavy atom. The number of benzene rings is 1. The van der Waals surface area contributed by atoms with Crippen LogP contribution in [0.5, 0.6) is 5.75 Å². The fourth-order valence-electron chi connectivity index (χ4n) is 1.83. The smallest absolute Gasteiger partial charge is 0.323 e. The maximum Gasteiger partial charge on any atom is 0.323 e. The molecule has 0 bridgehead atoms. The van der Waals surface area contributed by atoms with Crippen molar-refractivity contribution < 1.29 is 22.7 Å². The maximum absolute atomic E-state index is 12.3. The van der Waals surface area contributed by atoms with E-state index < -0.39 is 22.0 Å². The van der Waals surface area contributed by atoms with Crippen molar-refractivity contribution in [3.63, 3.8) is 0 Å². The maximum atomic E-state index is 12.3. The number of esters is 1. The van der Waals surface area contributed by atoms with Crippen molar-refractivity contribution in [2.45, 2.75) is 31.2 Å². The second kappa shape index (κ2) is 7.42. The molecule has 0 fully saturated rings.